The highest BCUT2D eigenvalue weighted by Gasteiger charge is 2.18. The molecule has 0 aliphatic heterocycles. The lowest BCUT2D eigenvalue weighted by atomic mass is 10.2. The number of benzene rings is 2. The van der Waals surface area contributed by atoms with Crippen LogP contribution in [0.1, 0.15) is 0 Å². The molecule has 0 aliphatic rings. The van der Waals surface area contributed by atoms with Gasteiger partial charge in [0.25, 0.3) is 11.1 Å². The number of hydrogen-bond donors (Lipinski definition) is 2. The number of anilines is 2. The zero-order valence-electron chi connectivity index (χ0n) is 19.7. The van der Waals surface area contributed by atoms with Gasteiger partial charge in [0, 0.05) is 11.1 Å². The zero-order valence-corrected chi connectivity index (χ0v) is 19.7. The Morgan fingerprint density at radius 1 is 0.784 bits per heavy atom. The Morgan fingerprint density at radius 2 is 1.32 bits per heavy atom. The van der Waals surface area contributed by atoms with E-state index in [1.54, 1.807) is 36.4 Å². The van der Waals surface area contributed by atoms with E-state index in [4.69, 9.17) is 16.2 Å². The number of carbonyl (C=O) groups excluding carboxylic acids is 2. The van der Waals surface area contributed by atoms with Gasteiger partial charge in [-0.2, -0.15) is 0 Å². The number of hydrogen-bond acceptors (Lipinski definition) is 10. The van der Waals surface area contributed by atoms with E-state index < -0.39 is 36.1 Å². The van der Waals surface area contributed by atoms with Crippen LogP contribution in [0.4, 0.5) is 11.4 Å². The van der Waals surface area contributed by atoms with Crippen LogP contribution in [0.5, 0.6) is 5.75 Å². The molecule has 2 aromatic heterocycles. The lowest BCUT2D eigenvalue weighted by molar-refractivity contribution is -0.141. The van der Waals surface area contributed by atoms with Crippen LogP contribution >= 0.6 is 0 Å². The van der Waals surface area contributed by atoms with Gasteiger partial charge in [0.1, 0.15) is 41.9 Å². The fourth-order valence-corrected chi connectivity index (χ4v) is 3.54. The molecule has 188 valence electrons. The first-order valence-electron chi connectivity index (χ1n) is 10.9. The van der Waals surface area contributed by atoms with Crippen molar-refractivity contribution in [1.29, 1.82) is 0 Å². The highest BCUT2D eigenvalue weighted by atomic mass is 16.5. The summed E-state index contributed by atoms with van der Waals surface area (Å²) in [5.74, 6) is -0.951. The summed E-state index contributed by atoms with van der Waals surface area (Å²) in [6, 6.07) is 15.0. The van der Waals surface area contributed by atoms with Gasteiger partial charge in [0.05, 0.1) is 19.5 Å². The summed E-state index contributed by atoms with van der Waals surface area (Å²) in [5, 5.41) is 0. The summed E-state index contributed by atoms with van der Waals surface area (Å²) >= 11 is 0. The standard InChI is InChI=1S/C25H22N6O6/c1-36-20(32)13-30-23(29-12-19(27)24(30)34)16-8-5-9-17(10-16)37-21(33)14-31-22(15-6-3-2-4-7-15)28-11-18(26)25(31)35/h2-12H,13-14,26-27H2,1H3. The first kappa shape index (κ1) is 24.9. The molecule has 12 heteroatoms. The molecule has 4 N–H and O–H groups in total. The summed E-state index contributed by atoms with van der Waals surface area (Å²) in [4.78, 5) is 58.3. The Balaban J connectivity index is 1.63. The number of nitrogen functional groups attached to an aromatic ring is 2. The number of methoxy groups -OCH3 is 1. The van der Waals surface area contributed by atoms with E-state index in [0.717, 1.165) is 9.13 Å². The van der Waals surface area contributed by atoms with E-state index in [1.165, 1.54) is 31.6 Å². The Kier molecular flexibility index (Phi) is 7.09. The molecule has 0 amide bonds. The fraction of sp³-hybridized carbons (Fsp3) is 0.120. The van der Waals surface area contributed by atoms with E-state index in [-0.39, 0.29) is 28.8 Å². The topological polar surface area (TPSA) is 174 Å². The molecule has 0 saturated carbocycles. The molecule has 0 atom stereocenters. The quantitative estimate of drug-likeness (QED) is 0.275. The lowest BCUT2D eigenvalue weighted by Gasteiger charge is -2.14. The molecule has 0 saturated heterocycles. The van der Waals surface area contributed by atoms with Crippen molar-refractivity contribution in [3.8, 4) is 28.5 Å². The van der Waals surface area contributed by atoms with Gasteiger partial charge in [0.15, 0.2) is 0 Å². The van der Waals surface area contributed by atoms with Gasteiger partial charge in [0.2, 0.25) is 0 Å². The van der Waals surface area contributed by atoms with Crippen LogP contribution in [0.2, 0.25) is 0 Å². The molecule has 0 aliphatic carbocycles. The molecule has 12 nitrogen and oxygen atoms in total. The van der Waals surface area contributed by atoms with Crippen molar-refractivity contribution in [2.75, 3.05) is 18.6 Å². The summed E-state index contributed by atoms with van der Waals surface area (Å²) < 4.78 is 12.3. The summed E-state index contributed by atoms with van der Waals surface area (Å²) in [5.41, 5.74) is 10.9. The van der Waals surface area contributed by atoms with Gasteiger partial charge in [-0.1, -0.05) is 42.5 Å². The van der Waals surface area contributed by atoms with Gasteiger partial charge in [-0.15, -0.1) is 0 Å². The second-order valence-corrected chi connectivity index (χ2v) is 7.80. The number of esters is 2. The number of nitrogens with two attached hydrogens (primary N) is 2. The van der Waals surface area contributed by atoms with E-state index in [9.17, 15) is 19.2 Å². The molecule has 0 unspecified atom stereocenters. The van der Waals surface area contributed by atoms with Crippen molar-refractivity contribution >= 4 is 23.3 Å². The highest BCUT2D eigenvalue weighted by molar-refractivity contribution is 5.74. The molecule has 2 heterocycles. The molecular formula is C25H22N6O6. The molecule has 0 radical (unpaired) electrons. The normalized spacial score (nSPS) is 10.6. The van der Waals surface area contributed by atoms with Gasteiger partial charge in [-0.05, 0) is 12.1 Å². The summed E-state index contributed by atoms with van der Waals surface area (Å²) in [6.45, 7) is -0.876. The minimum absolute atomic E-state index is 0.115. The summed E-state index contributed by atoms with van der Waals surface area (Å²) in [6.07, 6.45) is 2.41. The van der Waals surface area contributed by atoms with Crippen LogP contribution in [0.3, 0.4) is 0 Å². The third-order valence-corrected chi connectivity index (χ3v) is 5.31. The number of ether oxygens (including phenoxy) is 2. The van der Waals surface area contributed by atoms with Gasteiger partial charge in [-0.25, -0.2) is 14.8 Å². The van der Waals surface area contributed by atoms with Gasteiger partial charge < -0.3 is 20.9 Å². The third-order valence-electron chi connectivity index (χ3n) is 5.31. The Hall–Kier alpha value is -5.26. The van der Waals surface area contributed by atoms with Crippen molar-refractivity contribution in [1.82, 2.24) is 19.1 Å². The molecule has 4 aromatic rings. The first-order valence-corrected chi connectivity index (χ1v) is 10.9. The van der Waals surface area contributed by atoms with Crippen LogP contribution in [0.25, 0.3) is 22.8 Å². The van der Waals surface area contributed by atoms with Crippen molar-refractivity contribution in [2.24, 2.45) is 0 Å². The van der Waals surface area contributed by atoms with E-state index >= 15 is 0 Å². The summed E-state index contributed by atoms with van der Waals surface area (Å²) in [7, 11) is 1.19. The number of carbonyl (C=O) groups is 2. The van der Waals surface area contributed by atoms with Crippen molar-refractivity contribution in [3.63, 3.8) is 0 Å². The van der Waals surface area contributed by atoms with Gasteiger partial charge >= 0.3 is 11.9 Å². The molecular weight excluding hydrogens is 480 g/mol. The average Bonchev–Trinajstić information content (AvgIpc) is 2.90. The first-order chi connectivity index (χ1) is 17.8. The van der Waals surface area contributed by atoms with Crippen LogP contribution < -0.4 is 27.3 Å². The predicted octanol–water partition coefficient (Wildman–Crippen LogP) is 1.08. The van der Waals surface area contributed by atoms with E-state index in [0.29, 0.717) is 11.1 Å². The predicted molar refractivity (Wildman–Crippen MR) is 134 cm³/mol. The van der Waals surface area contributed by atoms with E-state index in [2.05, 4.69) is 14.7 Å². The maximum atomic E-state index is 12.8. The average molecular weight is 502 g/mol. The fourth-order valence-electron chi connectivity index (χ4n) is 3.54. The minimum Gasteiger partial charge on any atom is -0.468 e. The lowest BCUT2D eigenvalue weighted by Crippen LogP contribution is -2.30. The maximum absolute atomic E-state index is 12.8. The van der Waals surface area contributed by atoms with E-state index in [1.807, 2.05) is 6.07 Å². The van der Waals surface area contributed by atoms with Crippen LogP contribution in [0, 0.1) is 0 Å². The van der Waals surface area contributed by atoms with Crippen LogP contribution in [-0.4, -0.2) is 38.2 Å². The second kappa shape index (κ2) is 10.6. The SMILES string of the molecule is COC(=O)Cn1c(-c2cccc(OC(=O)Cn3c(-c4ccccc4)ncc(N)c3=O)c2)ncc(N)c1=O. The highest BCUT2D eigenvalue weighted by Crippen LogP contribution is 2.23. The number of aromatic nitrogens is 4. The van der Waals surface area contributed by atoms with Crippen LogP contribution in [0.15, 0.2) is 76.6 Å². The van der Waals surface area contributed by atoms with Crippen molar-refractivity contribution < 1.29 is 19.1 Å². The molecule has 0 fully saturated rings. The molecule has 2 aromatic carbocycles. The molecule has 4 rings (SSSR count). The van der Waals surface area contributed by atoms with Gasteiger partial charge in [-0.3, -0.25) is 23.5 Å². The largest absolute Gasteiger partial charge is 0.468 e. The second-order valence-electron chi connectivity index (χ2n) is 7.80. The Morgan fingerprint density at radius 3 is 1.92 bits per heavy atom. The molecule has 37 heavy (non-hydrogen) atoms. The Labute approximate surface area is 209 Å². The van der Waals surface area contributed by atoms with Crippen molar-refractivity contribution in [2.45, 2.75) is 13.1 Å². The molecule has 0 spiro atoms. The minimum atomic E-state index is -0.763. The monoisotopic (exact) mass is 502 g/mol. The Bertz CT molecular complexity index is 1600. The number of rotatable bonds is 7. The smallest absolute Gasteiger partial charge is 0.331 e. The molecule has 0 bridgehead atoms. The number of nitrogens with zero attached hydrogens (tertiary/aromatic N) is 4. The third kappa shape index (κ3) is 5.37. The van der Waals surface area contributed by atoms with Crippen LogP contribution in [-0.2, 0) is 27.4 Å². The van der Waals surface area contributed by atoms with Crippen molar-refractivity contribution in [3.05, 3.63) is 87.7 Å². The zero-order chi connectivity index (χ0) is 26.5. The maximum Gasteiger partial charge on any atom is 0.331 e.